The predicted molar refractivity (Wildman–Crippen MR) is 113 cm³/mol. The number of benzene rings is 1. The molecule has 1 unspecified atom stereocenters. The van der Waals surface area contributed by atoms with Crippen molar-refractivity contribution < 1.29 is 4.79 Å². The number of aryl methyl sites for hydroxylation is 1. The van der Waals surface area contributed by atoms with Crippen molar-refractivity contribution in [1.82, 2.24) is 24.5 Å². The molecule has 6 nitrogen and oxygen atoms in total. The summed E-state index contributed by atoms with van der Waals surface area (Å²) in [6, 6.07) is 14.1. The molecule has 4 heterocycles. The van der Waals surface area contributed by atoms with Gasteiger partial charge in [0.1, 0.15) is 10.7 Å². The van der Waals surface area contributed by atoms with Crippen molar-refractivity contribution in [3.8, 4) is 10.6 Å². The maximum atomic E-state index is 13.2. The van der Waals surface area contributed by atoms with Gasteiger partial charge in [-0.05, 0) is 37.0 Å². The van der Waals surface area contributed by atoms with Crippen molar-refractivity contribution in [3.05, 3.63) is 71.1 Å². The smallest absolute Gasteiger partial charge is 0.273 e. The Labute approximate surface area is 172 Å². The molecular formula is C22H21N5OS. The molecule has 1 aliphatic heterocycles. The van der Waals surface area contributed by atoms with Gasteiger partial charge in [-0.2, -0.15) is 0 Å². The highest BCUT2D eigenvalue weighted by atomic mass is 32.1. The van der Waals surface area contributed by atoms with E-state index in [0.29, 0.717) is 12.2 Å². The SMILES string of the molecule is CCc1ccc(-c2nc(C(=O)N3CCCC3c3nnc4ccccn34)cs2)cc1. The molecule has 4 aromatic rings. The minimum Gasteiger partial charge on any atom is -0.327 e. The van der Waals surface area contributed by atoms with Crippen LogP contribution in [0.1, 0.15) is 47.7 Å². The molecule has 0 N–H and O–H groups in total. The van der Waals surface area contributed by atoms with Crippen LogP contribution < -0.4 is 0 Å². The van der Waals surface area contributed by atoms with E-state index in [0.717, 1.165) is 41.3 Å². The summed E-state index contributed by atoms with van der Waals surface area (Å²) >= 11 is 1.51. The van der Waals surface area contributed by atoms with Crippen molar-refractivity contribution in [2.45, 2.75) is 32.2 Å². The number of aromatic nitrogens is 4. The quantitative estimate of drug-likeness (QED) is 0.507. The third-order valence-corrected chi connectivity index (χ3v) is 6.38. The first-order valence-electron chi connectivity index (χ1n) is 9.90. The molecule has 7 heteroatoms. The van der Waals surface area contributed by atoms with E-state index in [-0.39, 0.29) is 11.9 Å². The van der Waals surface area contributed by atoms with E-state index in [1.165, 1.54) is 16.9 Å². The Morgan fingerprint density at radius 2 is 2.03 bits per heavy atom. The number of thiazole rings is 1. The lowest BCUT2D eigenvalue weighted by molar-refractivity contribution is 0.0724. The third kappa shape index (κ3) is 3.21. The third-order valence-electron chi connectivity index (χ3n) is 5.48. The average Bonchev–Trinajstić information content (AvgIpc) is 3.52. The number of likely N-dealkylation sites (tertiary alicyclic amines) is 1. The predicted octanol–water partition coefficient (Wildman–Crippen LogP) is 4.39. The number of rotatable bonds is 4. The number of nitrogens with zero attached hydrogens (tertiary/aromatic N) is 5. The van der Waals surface area contributed by atoms with Crippen molar-refractivity contribution in [1.29, 1.82) is 0 Å². The molecule has 146 valence electrons. The number of amides is 1. The molecule has 0 saturated carbocycles. The van der Waals surface area contributed by atoms with Gasteiger partial charge in [0.05, 0.1) is 6.04 Å². The van der Waals surface area contributed by atoms with Crippen LogP contribution in [0.15, 0.2) is 54.0 Å². The van der Waals surface area contributed by atoms with Gasteiger partial charge in [0.25, 0.3) is 5.91 Å². The van der Waals surface area contributed by atoms with E-state index in [1.54, 1.807) is 0 Å². The van der Waals surface area contributed by atoms with Crippen LogP contribution in [0.4, 0.5) is 0 Å². The number of hydrogen-bond acceptors (Lipinski definition) is 5. The molecule has 0 spiro atoms. The van der Waals surface area contributed by atoms with Crippen LogP contribution in [0.2, 0.25) is 0 Å². The van der Waals surface area contributed by atoms with E-state index in [1.807, 2.05) is 39.1 Å². The van der Waals surface area contributed by atoms with Gasteiger partial charge in [-0.3, -0.25) is 9.20 Å². The zero-order chi connectivity index (χ0) is 19.8. The number of carbonyl (C=O) groups excluding carboxylic acids is 1. The van der Waals surface area contributed by atoms with Crippen molar-refractivity contribution in [2.75, 3.05) is 6.54 Å². The van der Waals surface area contributed by atoms with E-state index < -0.39 is 0 Å². The monoisotopic (exact) mass is 403 g/mol. The molecule has 1 aliphatic rings. The van der Waals surface area contributed by atoms with Crippen LogP contribution in [0.5, 0.6) is 0 Å². The number of pyridine rings is 1. The Morgan fingerprint density at radius 3 is 2.86 bits per heavy atom. The van der Waals surface area contributed by atoms with Gasteiger partial charge in [-0.1, -0.05) is 37.3 Å². The molecule has 1 aromatic carbocycles. The summed E-state index contributed by atoms with van der Waals surface area (Å²) in [4.78, 5) is 19.8. The average molecular weight is 404 g/mol. The van der Waals surface area contributed by atoms with E-state index in [4.69, 9.17) is 0 Å². The van der Waals surface area contributed by atoms with Crippen LogP contribution >= 0.6 is 11.3 Å². The van der Waals surface area contributed by atoms with Crippen LogP contribution in [-0.2, 0) is 6.42 Å². The molecule has 1 atom stereocenters. The number of hydrogen-bond donors (Lipinski definition) is 0. The summed E-state index contributed by atoms with van der Waals surface area (Å²) in [5.74, 6) is 0.782. The number of fused-ring (bicyclic) bond motifs is 1. The molecule has 3 aromatic heterocycles. The second kappa shape index (κ2) is 7.40. The normalized spacial score (nSPS) is 16.6. The zero-order valence-electron chi connectivity index (χ0n) is 16.2. The summed E-state index contributed by atoms with van der Waals surface area (Å²) in [6.45, 7) is 2.85. The molecule has 0 aliphatic carbocycles. The molecule has 1 saturated heterocycles. The minimum atomic E-state index is -0.0751. The molecular weight excluding hydrogens is 382 g/mol. The summed E-state index contributed by atoms with van der Waals surface area (Å²) in [7, 11) is 0. The van der Waals surface area contributed by atoms with Gasteiger partial charge >= 0.3 is 0 Å². The summed E-state index contributed by atoms with van der Waals surface area (Å²) in [6.07, 6.45) is 4.80. The van der Waals surface area contributed by atoms with Crippen LogP contribution in [-0.4, -0.2) is 36.9 Å². The first-order valence-corrected chi connectivity index (χ1v) is 10.8. The fraction of sp³-hybridized carbons (Fsp3) is 0.273. The van der Waals surface area contributed by atoms with Crippen molar-refractivity contribution in [3.63, 3.8) is 0 Å². The van der Waals surface area contributed by atoms with Gasteiger partial charge in [-0.15, -0.1) is 21.5 Å². The van der Waals surface area contributed by atoms with E-state index >= 15 is 0 Å². The summed E-state index contributed by atoms with van der Waals surface area (Å²) in [5.41, 5.74) is 3.65. The van der Waals surface area contributed by atoms with Gasteiger partial charge in [0.15, 0.2) is 11.5 Å². The highest BCUT2D eigenvalue weighted by Crippen LogP contribution is 2.33. The largest absolute Gasteiger partial charge is 0.327 e. The van der Waals surface area contributed by atoms with Gasteiger partial charge in [0, 0.05) is 23.7 Å². The Hall–Kier alpha value is -3.06. The van der Waals surface area contributed by atoms with Gasteiger partial charge in [-0.25, -0.2) is 4.98 Å². The van der Waals surface area contributed by atoms with Crippen LogP contribution in [0.3, 0.4) is 0 Å². The Kier molecular flexibility index (Phi) is 4.60. The summed E-state index contributed by atoms with van der Waals surface area (Å²) in [5, 5.41) is 11.4. The first-order chi connectivity index (χ1) is 14.2. The fourth-order valence-electron chi connectivity index (χ4n) is 3.90. The lowest BCUT2D eigenvalue weighted by atomic mass is 10.1. The highest BCUT2D eigenvalue weighted by molar-refractivity contribution is 7.13. The van der Waals surface area contributed by atoms with E-state index in [2.05, 4.69) is 46.4 Å². The molecule has 29 heavy (non-hydrogen) atoms. The Bertz CT molecular complexity index is 1160. The lowest BCUT2D eigenvalue weighted by Gasteiger charge is -2.22. The first kappa shape index (κ1) is 18.0. The van der Waals surface area contributed by atoms with Crippen molar-refractivity contribution in [2.24, 2.45) is 0 Å². The lowest BCUT2D eigenvalue weighted by Crippen LogP contribution is -2.31. The fourth-order valence-corrected chi connectivity index (χ4v) is 4.70. The van der Waals surface area contributed by atoms with Crippen molar-refractivity contribution >= 4 is 22.9 Å². The Balaban J connectivity index is 1.42. The summed E-state index contributed by atoms with van der Waals surface area (Å²) < 4.78 is 1.97. The molecule has 5 rings (SSSR count). The van der Waals surface area contributed by atoms with E-state index in [9.17, 15) is 4.79 Å². The Morgan fingerprint density at radius 1 is 1.17 bits per heavy atom. The minimum absolute atomic E-state index is 0.0344. The molecule has 1 fully saturated rings. The topological polar surface area (TPSA) is 63.4 Å². The standard InChI is InChI=1S/C22H21N5OS/c1-2-15-8-10-16(11-9-15)21-23-17(14-29-21)22(28)26-13-5-6-18(26)20-25-24-19-7-3-4-12-27(19)20/h3-4,7-12,14,18H,2,5-6,13H2,1H3. The maximum Gasteiger partial charge on any atom is 0.273 e. The van der Waals surface area contributed by atoms with Gasteiger partial charge < -0.3 is 4.90 Å². The number of carbonyl (C=O) groups is 1. The molecule has 0 radical (unpaired) electrons. The van der Waals surface area contributed by atoms with Gasteiger partial charge in [0.2, 0.25) is 0 Å². The second-order valence-corrected chi connectivity index (χ2v) is 8.09. The zero-order valence-corrected chi connectivity index (χ0v) is 17.0. The highest BCUT2D eigenvalue weighted by Gasteiger charge is 2.34. The maximum absolute atomic E-state index is 13.2. The molecule has 1 amide bonds. The molecule has 0 bridgehead atoms. The van der Waals surface area contributed by atoms with Crippen LogP contribution in [0, 0.1) is 0 Å². The van der Waals surface area contributed by atoms with Crippen LogP contribution in [0.25, 0.3) is 16.2 Å². The second-order valence-electron chi connectivity index (χ2n) is 7.23.